The number of alkyl halides is 1. The third-order valence-corrected chi connectivity index (χ3v) is 1.70. The van der Waals surface area contributed by atoms with Crippen LogP contribution >= 0.6 is 22.6 Å². The second kappa shape index (κ2) is 3.90. The van der Waals surface area contributed by atoms with E-state index in [1.807, 2.05) is 12.3 Å². The van der Waals surface area contributed by atoms with E-state index >= 15 is 0 Å². The van der Waals surface area contributed by atoms with Crippen molar-refractivity contribution < 1.29 is 4.39 Å². The van der Waals surface area contributed by atoms with E-state index in [1.165, 1.54) is 0 Å². The van der Waals surface area contributed by atoms with Crippen molar-refractivity contribution >= 4 is 22.6 Å². The molecule has 1 rings (SSSR count). The van der Waals surface area contributed by atoms with Gasteiger partial charge in [0.05, 0.1) is 6.67 Å². The summed E-state index contributed by atoms with van der Waals surface area (Å²) in [5, 5.41) is 4.08. The molecular formula is C6H8FIN2. The molecule has 0 radical (unpaired) electrons. The largest absolute Gasteiger partial charge is 0.272 e. The Bertz CT molecular complexity index is 199. The molecule has 0 unspecified atom stereocenters. The second-order valence-corrected chi connectivity index (χ2v) is 3.05. The molecule has 0 N–H and O–H groups in total. The van der Waals surface area contributed by atoms with Crippen LogP contribution in [0.4, 0.5) is 4.39 Å². The molecule has 0 aromatic carbocycles. The highest BCUT2D eigenvalue weighted by Crippen LogP contribution is 1.99. The summed E-state index contributed by atoms with van der Waals surface area (Å²) in [6.45, 7) is 0.413. The van der Waals surface area contributed by atoms with Crippen LogP contribution in [-0.2, 0) is 6.54 Å². The molecule has 0 aliphatic rings. The smallest absolute Gasteiger partial charge is 0.123 e. The van der Waals surface area contributed by atoms with Crippen LogP contribution in [0.5, 0.6) is 0 Å². The van der Waals surface area contributed by atoms with Crippen molar-refractivity contribution in [2.45, 2.75) is 13.0 Å². The third-order valence-electron chi connectivity index (χ3n) is 1.13. The van der Waals surface area contributed by atoms with E-state index in [0.29, 0.717) is 13.0 Å². The van der Waals surface area contributed by atoms with Gasteiger partial charge in [-0.05, 0) is 35.1 Å². The predicted molar refractivity (Wildman–Crippen MR) is 45.5 cm³/mol. The van der Waals surface area contributed by atoms with Gasteiger partial charge in [0.2, 0.25) is 0 Å². The van der Waals surface area contributed by atoms with Crippen molar-refractivity contribution in [2.24, 2.45) is 0 Å². The molecule has 1 heterocycles. The first kappa shape index (κ1) is 7.97. The van der Waals surface area contributed by atoms with Crippen LogP contribution in [0.25, 0.3) is 0 Å². The minimum atomic E-state index is -0.267. The first-order valence-electron chi connectivity index (χ1n) is 3.08. The molecule has 1 aromatic rings. The Hall–Kier alpha value is -0.130. The molecule has 0 aliphatic heterocycles. The highest BCUT2D eigenvalue weighted by Gasteiger charge is 1.92. The summed E-state index contributed by atoms with van der Waals surface area (Å²) >= 11 is 2.13. The summed E-state index contributed by atoms with van der Waals surface area (Å²) in [6, 6.07) is 1.90. The number of hydrogen-bond acceptors (Lipinski definition) is 1. The maximum Gasteiger partial charge on any atom is 0.123 e. The molecule has 56 valence electrons. The summed E-state index contributed by atoms with van der Waals surface area (Å²) in [5.74, 6) is 0. The van der Waals surface area contributed by atoms with Crippen molar-refractivity contribution in [1.82, 2.24) is 9.78 Å². The monoisotopic (exact) mass is 254 g/mol. The van der Waals surface area contributed by atoms with Gasteiger partial charge in [-0.1, -0.05) is 0 Å². The molecule has 1 aromatic heterocycles. The van der Waals surface area contributed by atoms with Gasteiger partial charge in [0.1, 0.15) is 3.70 Å². The maximum atomic E-state index is 11.6. The molecule has 4 heteroatoms. The summed E-state index contributed by atoms with van der Waals surface area (Å²) < 4.78 is 14.3. The van der Waals surface area contributed by atoms with Crippen LogP contribution in [0.15, 0.2) is 12.3 Å². The van der Waals surface area contributed by atoms with Crippen molar-refractivity contribution in [3.05, 3.63) is 16.0 Å². The average Bonchev–Trinajstić information content (AvgIpc) is 2.31. The lowest BCUT2D eigenvalue weighted by molar-refractivity contribution is 0.434. The fourth-order valence-electron chi connectivity index (χ4n) is 0.683. The van der Waals surface area contributed by atoms with Crippen LogP contribution in [0.1, 0.15) is 6.42 Å². The molecular weight excluding hydrogens is 246 g/mol. The van der Waals surface area contributed by atoms with Crippen molar-refractivity contribution in [3.63, 3.8) is 0 Å². The zero-order valence-electron chi connectivity index (χ0n) is 5.43. The molecule has 2 nitrogen and oxygen atoms in total. The summed E-state index contributed by atoms with van der Waals surface area (Å²) in [5.41, 5.74) is 0. The Balaban J connectivity index is 2.42. The Morgan fingerprint density at radius 3 is 3.00 bits per heavy atom. The van der Waals surface area contributed by atoms with Crippen LogP contribution in [-0.4, -0.2) is 16.5 Å². The van der Waals surface area contributed by atoms with E-state index in [-0.39, 0.29) is 6.67 Å². The fraction of sp³-hybridized carbons (Fsp3) is 0.500. The normalized spacial score (nSPS) is 10.2. The zero-order chi connectivity index (χ0) is 7.40. The number of rotatable bonds is 3. The minimum Gasteiger partial charge on any atom is -0.272 e. The first-order chi connectivity index (χ1) is 4.83. The Kier molecular flexibility index (Phi) is 3.11. The lowest BCUT2D eigenvalue weighted by Crippen LogP contribution is -1.99. The molecule has 0 saturated carbocycles. The second-order valence-electron chi connectivity index (χ2n) is 1.94. The quantitative estimate of drug-likeness (QED) is 0.752. The van der Waals surface area contributed by atoms with Crippen LogP contribution in [0, 0.1) is 3.70 Å². The van der Waals surface area contributed by atoms with Gasteiger partial charge in [-0.15, -0.1) is 0 Å². The van der Waals surface area contributed by atoms with E-state index < -0.39 is 0 Å². The van der Waals surface area contributed by atoms with Gasteiger partial charge in [0.15, 0.2) is 0 Å². The Labute approximate surface area is 72.6 Å². The van der Waals surface area contributed by atoms with E-state index in [1.54, 1.807) is 4.68 Å². The predicted octanol–water partition coefficient (Wildman–Crippen LogP) is 1.85. The van der Waals surface area contributed by atoms with Crippen molar-refractivity contribution in [1.29, 1.82) is 0 Å². The lowest BCUT2D eigenvalue weighted by atomic mass is 10.5. The Morgan fingerprint density at radius 1 is 1.70 bits per heavy atom. The van der Waals surface area contributed by atoms with Crippen molar-refractivity contribution in [3.8, 4) is 0 Å². The molecule has 0 saturated heterocycles. The summed E-state index contributed by atoms with van der Waals surface area (Å²) in [6.07, 6.45) is 2.41. The van der Waals surface area contributed by atoms with E-state index in [0.717, 1.165) is 3.70 Å². The van der Waals surface area contributed by atoms with E-state index in [4.69, 9.17) is 0 Å². The standard InChI is InChI=1S/C6H8FIN2/c7-3-1-4-10-5-2-6(8)9-10/h2,5H,1,3-4H2. The average molecular weight is 254 g/mol. The molecule has 0 aliphatic carbocycles. The highest BCUT2D eigenvalue weighted by atomic mass is 127. The summed E-state index contributed by atoms with van der Waals surface area (Å²) in [4.78, 5) is 0. The molecule has 0 atom stereocenters. The van der Waals surface area contributed by atoms with Gasteiger partial charge in [0, 0.05) is 12.7 Å². The third kappa shape index (κ3) is 2.24. The van der Waals surface area contributed by atoms with Gasteiger partial charge in [-0.25, -0.2) is 0 Å². The van der Waals surface area contributed by atoms with E-state index in [2.05, 4.69) is 27.7 Å². The van der Waals surface area contributed by atoms with Crippen molar-refractivity contribution in [2.75, 3.05) is 6.67 Å². The zero-order valence-corrected chi connectivity index (χ0v) is 7.58. The highest BCUT2D eigenvalue weighted by molar-refractivity contribution is 14.1. The van der Waals surface area contributed by atoms with Gasteiger partial charge in [-0.3, -0.25) is 9.07 Å². The van der Waals surface area contributed by atoms with Gasteiger partial charge < -0.3 is 0 Å². The van der Waals surface area contributed by atoms with Crippen LogP contribution in [0.2, 0.25) is 0 Å². The maximum absolute atomic E-state index is 11.6. The topological polar surface area (TPSA) is 17.8 Å². The van der Waals surface area contributed by atoms with E-state index in [9.17, 15) is 4.39 Å². The molecule has 10 heavy (non-hydrogen) atoms. The van der Waals surface area contributed by atoms with Crippen LogP contribution < -0.4 is 0 Å². The number of aromatic nitrogens is 2. The number of hydrogen-bond donors (Lipinski definition) is 0. The van der Waals surface area contributed by atoms with Crippen LogP contribution in [0.3, 0.4) is 0 Å². The first-order valence-corrected chi connectivity index (χ1v) is 4.16. The van der Waals surface area contributed by atoms with Gasteiger partial charge in [-0.2, -0.15) is 5.10 Å². The number of halogens is 2. The molecule has 0 amide bonds. The van der Waals surface area contributed by atoms with Gasteiger partial charge in [0.25, 0.3) is 0 Å². The SMILES string of the molecule is FCCCn1ccc(I)n1. The minimum absolute atomic E-state index is 0.267. The van der Waals surface area contributed by atoms with Gasteiger partial charge >= 0.3 is 0 Å². The molecule has 0 spiro atoms. The number of nitrogens with zero attached hydrogens (tertiary/aromatic N) is 2. The summed E-state index contributed by atoms with van der Waals surface area (Å²) in [7, 11) is 0. The molecule has 0 fully saturated rings. The molecule has 0 bridgehead atoms. The number of aryl methyl sites for hydroxylation is 1. The Morgan fingerprint density at radius 2 is 2.50 bits per heavy atom. The lowest BCUT2D eigenvalue weighted by Gasteiger charge is -1.95. The fourth-order valence-corrected chi connectivity index (χ4v) is 1.12.